The van der Waals surface area contributed by atoms with Gasteiger partial charge in [0, 0.05) is 12.1 Å². The first kappa shape index (κ1) is 24.7. The van der Waals surface area contributed by atoms with Crippen LogP contribution in [0.4, 0.5) is 22.0 Å². The third kappa shape index (κ3) is 5.64. The fourth-order valence-corrected chi connectivity index (χ4v) is 5.53. The SMILES string of the molecule is CCCC1C=CC(C2CCC(c3ccc(C(F)(F)Oc4cc(F)c(F)c(F)c4)cc3)CC2)CC1. The summed E-state index contributed by atoms with van der Waals surface area (Å²) in [7, 11) is 0. The molecule has 184 valence electrons. The Bertz CT molecular complexity index is 969. The lowest BCUT2D eigenvalue weighted by molar-refractivity contribution is -0.185. The number of allylic oxidation sites excluding steroid dienone is 2. The van der Waals surface area contributed by atoms with Crippen molar-refractivity contribution in [2.75, 3.05) is 0 Å². The smallest absolute Gasteiger partial charge is 0.426 e. The van der Waals surface area contributed by atoms with Crippen LogP contribution in [-0.2, 0) is 6.11 Å². The van der Waals surface area contributed by atoms with Crippen molar-refractivity contribution in [3.63, 3.8) is 0 Å². The van der Waals surface area contributed by atoms with E-state index in [2.05, 4.69) is 23.8 Å². The zero-order valence-corrected chi connectivity index (χ0v) is 19.4. The van der Waals surface area contributed by atoms with E-state index in [9.17, 15) is 22.0 Å². The van der Waals surface area contributed by atoms with Crippen LogP contribution < -0.4 is 4.74 Å². The summed E-state index contributed by atoms with van der Waals surface area (Å²) in [5, 5.41) is 0. The molecule has 0 N–H and O–H groups in total. The number of halogens is 5. The first-order chi connectivity index (χ1) is 16.3. The molecular weight excluding hydrogens is 447 g/mol. The summed E-state index contributed by atoms with van der Waals surface area (Å²) in [4.78, 5) is 0. The van der Waals surface area contributed by atoms with Gasteiger partial charge in [-0.1, -0.05) is 37.6 Å². The Morgan fingerprint density at radius 1 is 0.853 bits per heavy atom. The number of hydrogen-bond acceptors (Lipinski definition) is 1. The normalized spacial score (nSPS) is 25.4. The molecule has 1 saturated carbocycles. The topological polar surface area (TPSA) is 9.23 Å². The van der Waals surface area contributed by atoms with Gasteiger partial charge in [0.2, 0.25) is 0 Å². The molecule has 0 aromatic heterocycles. The largest absolute Gasteiger partial charge is 0.429 e. The van der Waals surface area contributed by atoms with Gasteiger partial charge in [-0.15, -0.1) is 0 Å². The molecule has 0 radical (unpaired) electrons. The molecule has 2 aliphatic rings. The minimum Gasteiger partial charge on any atom is -0.429 e. The van der Waals surface area contributed by atoms with Gasteiger partial charge in [0.15, 0.2) is 17.5 Å². The maximum Gasteiger partial charge on any atom is 0.426 e. The lowest BCUT2D eigenvalue weighted by Crippen LogP contribution is -2.23. The summed E-state index contributed by atoms with van der Waals surface area (Å²) in [5.74, 6) is -3.24. The van der Waals surface area contributed by atoms with E-state index >= 15 is 0 Å². The standard InChI is InChI=1S/C28H31F5O/c1-2-3-18-4-6-19(7-5-18)20-8-10-21(11-9-20)22-12-14-23(15-13-22)28(32,33)34-24-16-25(29)27(31)26(30)17-24/h4,6,12-21H,2-3,5,7-11H2,1H3. The van der Waals surface area contributed by atoms with Crippen molar-refractivity contribution in [3.05, 3.63) is 77.1 Å². The molecule has 4 rings (SSSR count). The van der Waals surface area contributed by atoms with Crippen LogP contribution in [0.1, 0.15) is 75.3 Å². The highest BCUT2D eigenvalue weighted by Gasteiger charge is 2.36. The third-order valence-electron chi connectivity index (χ3n) is 7.46. The van der Waals surface area contributed by atoms with Gasteiger partial charge in [0.25, 0.3) is 0 Å². The van der Waals surface area contributed by atoms with Crippen molar-refractivity contribution >= 4 is 0 Å². The molecule has 0 spiro atoms. The van der Waals surface area contributed by atoms with Crippen LogP contribution in [0.5, 0.6) is 5.75 Å². The van der Waals surface area contributed by atoms with E-state index in [-0.39, 0.29) is 0 Å². The summed E-state index contributed by atoms with van der Waals surface area (Å²) < 4.78 is 73.3. The maximum atomic E-state index is 14.5. The van der Waals surface area contributed by atoms with Gasteiger partial charge in [0.1, 0.15) is 5.75 Å². The molecule has 0 bridgehead atoms. The van der Waals surface area contributed by atoms with Crippen molar-refractivity contribution in [3.8, 4) is 5.75 Å². The molecule has 0 amide bonds. The van der Waals surface area contributed by atoms with Crippen molar-refractivity contribution in [2.24, 2.45) is 17.8 Å². The van der Waals surface area contributed by atoms with E-state index < -0.39 is 34.9 Å². The molecule has 34 heavy (non-hydrogen) atoms. The Labute approximate surface area is 198 Å². The quantitative estimate of drug-likeness (QED) is 0.219. The first-order valence-electron chi connectivity index (χ1n) is 12.3. The number of alkyl halides is 2. The average Bonchev–Trinajstić information content (AvgIpc) is 2.83. The van der Waals surface area contributed by atoms with Crippen LogP contribution in [0.25, 0.3) is 0 Å². The van der Waals surface area contributed by atoms with E-state index in [1.165, 1.54) is 37.8 Å². The average molecular weight is 479 g/mol. The minimum atomic E-state index is -3.81. The van der Waals surface area contributed by atoms with Gasteiger partial charge in [-0.25, -0.2) is 13.2 Å². The van der Waals surface area contributed by atoms with Gasteiger partial charge >= 0.3 is 6.11 Å². The number of ether oxygens (including phenoxy) is 1. The molecule has 0 saturated heterocycles. The molecule has 6 heteroatoms. The molecule has 1 fully saturated rings. The Morgan fingerprint density at radius 2 is 1.50 bits per heavy atom. The van der Waals surface area contributed by atoms with E-state index in [0.29, 0.717) is 29.9 Å². The van der Waals surface area contributed by atoms with Gasteiger partial charge in [-0.2, -0.15) is 8.78 Å². The predicted octanol–water partition coefficient (Wildman–Crippen LogP) is 8.89. The number of hydrogen-bond donors (Lipinski definition) is 0. The molecule has 2 unspecified atom stereocenters. The summed E-state index contributed by atoms with van der Waals surface area (Å²) in [6.45, 7) is 2.23. The van der Waals surface area contributed by atoms with Gasteiger partial charge < -0.3 is 4.74 Å². The van der Waals surface area contributed by atoms with Crippen molar-refractivity contribution in [1.82, 2.24) is 0 Å². The second-order valence-corrected chi connectivity index (χ2v) is 9.73. The second kappa shape index (κ2) is 10.5. The van der Waals surface area contributed by atoms with Crippen LogP contribution in [0.15, 0.2) is 48.6 Å². The minimum absolute atomic E-state index is 0.334. The maximum absolute atomic E-state index is 14.5. The number of benzene rings is 2. The zero-order valence-electron chi connectivity index (χ0n) is 19.4. The van der Waals surface area contributed by atoms with Gasteiger partial charge in [-0.3, -0.25) is 0 Å². The van der Waals surface area contributed by atoms with Crippen LogP contribution in [0.3, 0.4) is 0 Å². The lowest BCUT2D eigenvalue weighted by atomic mass is 9.70. The molecule has 2 atom stereocenters. The van der Waals surface area contributed by atoms with Crippen molar-refractivity contribution in [1.29, 1.82) is 0 Å². The molecule has 2 aromatic rings. The molecule has 0 aliphatic heterocycles. The van der Waals surface area contributed by atoms with Crippen LogP contribution in [0.2, 0.25) is 0 Å². The highest BCUT2D eigenvalue weighted by molar-refractivity contribution is 5.30. The monoisotopic (exact) mass is 478 g/mol. The fourth-order valence-electron chi connectivity index (χ4n) is 5.53. The third-order valence-corrected chi connectivity index (χ3v) is 7.46. The molecule has 2 aliphatic carbocycles. The Morgan fingerprint density at radius 3 is 2.06 bits per heavy atom. The summed E-state index contributed by atoms with van der Waals surface area (Å²) in [6.07, 6.45) is 10.4. The highest BCUT2D eigenvalue weighted by Crippen LogP contribution is 2.43. The second-order valence-electron chi connectivity index (χ2n) is 9.73. The Kier molecular flexibility index (Phi) is 7.63. The summed E-state index contributed by atoms with van der Waals surface area (Å²) in [6, 6.07) is 6.75. The molecule has 2 aromatic carbocycles. The highest BCUT2D eigenvalue weighted by atomic mass is 19.3. The predicted molar refractivity (Wildman–Crippen MR) is 122 cm³/mol. The Balaban J connectivity index is 1.34. The van der Waals surface area contributed by atoms with Crippen LogP contribution in [0, 0.1) is 35.2 Å². The van der Waals surface area contributed by atoms with Crippen molar-refractivity contribution in [2.45, 2.75) is 70.3 Å². The van der Waals surface area contributed by atoms with Crippen LogP contribution >= 0.6 is 0 Å². The van der Waals surface area contributed by atoms with Crippen LogP contribution in [-0.4, -0.2) is 0 Å². The van der Waals surface area contributed by atoms with E-state index in [1.54, 1.807) is 12.1 Å². The summed E-state index contributed by atoms with van der Waals surface area (Å²) >= 11 is 0. The zero-order chi connectivity index (χ0) is 24.3. The molecule has 1 nitrogen and oxygen atoms in total. The van der Waals surface area contributed by atoms with Gasteiger partial charge in [-0.05, 0) is 86.3 Å². The fraction of sp³-hybridized carbons (Fsp3) is 0.500. The van der Waals surface area contributed by atoms with Gasteiger partial charge in [0.05, 0.1) is 5.56 Å². The molecule has 0 heterocycles. The molecular formula is C28H31F5O. The lowest BCUT2D eigenvalue weighted by Gasteiger charge is -2.35. The van der Waals surface area contributed by atoms with E-state index in [0.717, 1.165) is 37.2 Å². The van der Waals surface area contributed by atoms with Crippen molar-refractivity contribution < 1.29 is 26.7 Å². The van der Waals surface area contributed by atoms with E-state index in [1.807, 2.05) is 0 Å². The number of rotatable bonds is 7. The summed E-state index contributed by atoms with van der Waals surface area (Å²) in [5.41, 5.74) is 0.586. The van der Waals surface area contributed by atoms with E-state index in [4.69, 9.17) is 0 Å². The Hall–Kier alpha value is -2.37. The first-order valence-corrected chi connectivity index (χ1v) is 12.3.